The lowest BCUT2D eigenvalue weighted by Gasteiger charge is -2.02. The molecule has 0 saturated carbocycles. The molecule has 0 amide bonds. The lowest BCUT2D eigenvalue weighted by molar-refractivity contribution is -0.385. The van der Waals surface area contributed by atoms with E-state index in [1.807, 2.05) is 31.2 Å². The van der Waals surface area contributed by atoms with Gasteiger partial charge in [-0.2, -0.15) is 0 Å². The number of thioether (sulfide) groups is 1. The Balaban J connectivity index is 2.25. The number of para-hydroxylation sites is 1. The van der Waals surface area contributed by atoms with E-state index in [1.54, 1.807) is 12.1 Å². The summed E-state index contributed by atoms with van der Waals surface area (Å²) in [6.45, 7) is 1.96. The number of nitrogens with zero attached hydrogens (tertiary/aromatic N) is 1. The van der Waals surface area contributed by atoms with Gasteiger partial charge in [0.05, 0.1) is 4.92 Å². The van der Waals surface area contributed by atoms with Crippen LogP contribution in [0.4, 0.5) is 5.69 Å². The molecule has 0 aliphatic carbocycles. The van der Waals surface area contributed by atoms with E-state index in [1.165, 1.54) is 12.1 Å². The summed E-state index contributed by atoms with van der Waals surface area (Å²) < 4.78 is 0. The van der Waals surface area contributed by atoms with Crippen LogP contribution in [-0.2, 0) is 0 Å². The fourth-order valence-corrected chi connectivity index (χ4v) is 2.34. The topological polar surface area (TPSA) is 60.2 Å². The summed E-state index contributed by atoms with van der Waals surface area (Å²) in [5.41, 5.74) is 1.06. The Morgan fingerprint density at radius 3 is 2.37 bits per heavy atom. The lowest BCUT2D eigenvalue weighted by Crippen LogP contribution is -2.00. The van der Waals surface area contributed by atoms with Crippen LogP contribution in [-0.4, -0.2) is 10.0 Å². The maximum atomic E-state index is 12.1. The van der Waals surface area contributed by atoms with Gasteiger partial charge >= 0.3 is 0 Å². The van der Waals surface area contributed by atoms with Crippen molar-refractivity contribution in [3.63, 3.8) is 0 Å². The van der Waals surface area contributed by atoms with Crippen LogP contribution in [0.1, 0.15) is 15.9 Å². The SMILES string of the molecule is Cc1ccc(SC(=O)c2ccccc2[N+](=O)[O-])cc1. The fourth-order valence-electron chi connectivity index (χ4n) is 1.57. The third-order valence-corrected chi connectivity index (χ3v) is 3.47. The predicted octanol–water partition coefficient (Wildman–Crippen LogP) is 3.84. The van der Waals surface area contributed by atoms with Gasteiger partial charge in [0.1, 0.15) is 5.56 Å². The van der Waals surface area contributed by atoms with Gasteiger partial charge in [-0.05, 0) is 36.9 Å². The highest BCUT2D eigenvalue weighted by atomic mass is 32.2. The van der Waals surface area contributed by atoms with E-state index in [4.69, 9.17) is 0 Å². The minimum atomic E-state index is -0.539. The highest BCUT2D eigenvalue weighted by Crippen LogP contribution is 2.27. The Kier molecular flexibility index (Phi) is 3.97. The normalized spacial score (nSPS) is 10.2. The predicted molar refractivity (Wildman–Crippen MR) is 74.5 cm³/mol. The number of nitro benzene ring substituents is 1. The van der Waals surface area contributed by atoms with E-state index in [0.717, 1.165) is 22.2 Å². The van der Waals surface area contributed by atoms with Crippen LogP contribution in [0.2, 0.25) is 0 Å². The Morgan fingerprint density at radius 1 is 1.11 bits per heavy atom. The van der Waals surface area contributed by atoms with Crippen LogP contribution in [0.5, 0.6) is 0 Å². The first-order chi connectivity index (χ1) is 9.08. The number of rotatable bonds is 3. The molecular weight excluding hydrogens is 262 g/mol. The smallest absolute Gasteiger partial charge is 0.281 e. The summed E-state index contributed by atoms with van der Waals surface area (Å²) in [7, 11) is 0. The molecule has 0 N–H and O–H groups in total. The summed E-state index contributed by atoms with van der Waals surface area (Å²) in [4.78, 5) is 23.2. The van der Waals surface area contributed by atoms with Crippen molar-refractivity contribution in [3.05, 3.63) is 69.8 Å². The number of carbonyl (C=O) groups excluding carboxylic acids is 1. The quantitative estimate of drug-likeness (QED) is 0.484. The molecule has 0 aliphatic rings. The van der Waals surface area contributed by atoms with Gasteiger partial charge in [-0.15, -0.1) is 0 Å². The van der Waals surface area contributed by atoms with E-state index < -0.39 is 4.92 Å². The standard InChI is InChI=1S/C14H11NO3S/c1-10-6-8-11(9-7-10)19-14(16)12-4-2-3-5-13(12)15(17)18/h2-9H,1H3. The fraction of sp³-hybridized carbons (Fsp3) is 0.0714. The Labute approximate surface area is 114 Å². The molecule has 19 heavy (non-hydrogen) atoms. The molecular formula is C14H11NO3S. The number of carbonyl (C=O) groups is 1. The van der Waals surface area contributed by atoms with Gasteiger partial charge in [0.2, 0.25) is 5.12 Å². The monoisotopic (exact) mass is 273 g/mol. The van der Waals surface area contributed by atoms with Crippen molar-refractivity contribution in [1.82, 2.24) is 0 Å². The van der Waals surface area contributed by atoms with Gasteiger partial charge in [0, 0.05) is 11.0 Å². The van der Waals surface area contributed by atoms with Crippen molar-refractivity contribution in [3.8, 4) is 0 Å². The molecule has 0 unspecified atom stereocenters. The molecule has 0 aliphatic heterocycles. The molecule has 4 nitrogen and oxygen atoms in total. The molecule has 2 aromatic rings. The van der Waals surface area contributed by atoms with Crippen molar-refractivity contribution in [2.75, 3.05) is 0 Å². The van der Waals surface area contributed by atoms with Gasteiger partial charge in [-0.3, -0.25) is 14.9 Å². The van der Waals surface area contributed by atoms with Crippen molar-refractivity contribution in [2.45, 2.75) is 11.8 Å². The summed E-state index contributed by atoms with van der Waals surface area (Å²) >= 11 is 0.994. The van der Waals surface area contributed by atoms with Gasteiger partial charge in [-0.25, -0.2) is 0 Å². The third-order valence-electron chi connectivity index (χ3n) is 2.55. The Bertz CT molecular complexity index is 623. The zero-order valence-electron chi connectivity index (χ0n) is 10.2. The molecule has 0 bridgehead atoms. The van der Waals surface area contributed by atoms with Crippen molar-refractivity contribution < 1.29 is 9.72 Å². The van der Waals surface area contributed by atoms with Crippen LogP contribution in [0, 0.1) is 17.0 Å². The largest absolute Gasteiger partial charge is 0.281 e. The third kappa shape index (κ3) is 3.20. The van der Waals surface area contributed by atoms with E-state index in [0.29, 0.717) is 0 Å². The van der Waals surface area contributed by atoms with Gasteiger partial charge in [0.15, 0.2) is 0 Å². The number of hydrogen-bond acceptors (Lipinski definition) is 4. The summed E-state index contributed by atoms with van der Waals surface area (Å²) in [6, 6.07) is 13.4. The average Bonchev–Trinajstić information content (AvgIpc) is 2.41. The first-order valence-electron chi connectivity index (χ1n) is 5.60. The molecule has 2 rings (SSSR count). The number of benzene rings is 2. The highest BCUT2D eigenvalue weighted by Gasteiger charge is 2.19. The second-order valence-corrected chi connectivity index (χ2v) is 5.02. The Morgan fingerprint density at radius 2 is 1.74 bits per heavy atom. The summed E-state index contributed by atoms with van der Waals surface area (Å²) in [5, 5.41) is 10.5. The molecule has 96 valence electrons. The van der Waals surface area contributed by atoms with E-state index in [2.05, 4.69) is 0 Å². The van der Waals surface area contributed by atoms with Crippen molar-refractivity contribution in [2.24, 2.45) is 0 Å². The Hall–Kier alpha value is -2.14. The van der Waals surface area contributed by atoms with Gasteiger partial charge in [0.25, 0.3) is 5.69 Å². The second-order valence-electron chi connectivity index (χ2n) is 3.98. The summed E-state index contributed by atoms with van der Waals surface area (Å²) in [5.74, 6) is 0. The minimum Gasteiger partial charge on any atom is -0.281 e. The van der Waals surface area contributed by atoms with Crippen LogP contribution < -0.4 is 0 Å². The lowest BCUT2D eigenvalue weighted by atomic mass is 10.2. The first kappa shape index (κ1) is 13.3. The van der Waals surface area contributed by atoms with Crippen molar-refractivity contribution >= 4 is 22.6 Å². The zero-order valence-corrected chi connectivity index (χ0v) is 11.0. The summed E-state index contributed by atoms with van der Waals surface area (Å²) in [6.07, 6.45) is 0. The maximum Gasteiger partial charge on any atom is 0.281 e. The van der Waals surface area contributed by atoms with E-state index >= 15 is 0 Å². The van der Waals surface area contributed by atoms with Crippen LogP contribution >= 0.6 is 11.8 Å². The first-order valence-corrected chi connectivity index (χ1v) is 6.42. The molecule has 0 atom stereocenters. The minimum absolute atomic E-state index is 0.123. The van der Waals surface area contributed by atoms with E-state index in [9.17, 15) is 14.9 Å². The van der Waals surface area contributed by atoms with E-state index in [-0.39, 0.29) is 16.4 Å². The van der Waals surface area contributed by atoms with Gasteiger partial charge < -0.3 is 0 Å². The molecule has 0 saturated heterocycles. The molecule has 5 heteroatoms. The van der Waals surface area contributed by atoms with Crippen molar-refractivity contribution in [1.29, 1.82) is 0 Å². The zero-order chi connectivity index (χ0) is 13.8. The number of hydrogen-bond donors (Lipinski definition) is 0. The molecule has 0 spiro atoms. The molecule has 0 radical (unpaired) electrons. The molecule has 0 aromatic heterocycles. The average molecular weight is 273 g/mol. The van der Waals surface area contributed by atoms with Gasteiger partial charge in [-0.1, -0.05) is 29.8 Å². The van der Waals surface area contributed by atoms with Crippen LogP contribution in [0.15, 0.2) is 53.4 Å². The molecule has 0 fully saturated rings. The van der Waals surface area contributed by atoms with Crippen LogP contribution in [0.3, 0.4) is 0 Å². The molecule has 2 aromatic carbocycles. The number of aryl methyl sites for hydroxylation is 1. The maximum absolute atomic E-state index is 12.1. The second kappa shape index (κ2) is 5.67. The highest BCUT2D eigenvalue weighted by molar-refractivity contribution is 8.14. The van der Waals surface area contributed by atoms with Crippen LogP contribution in [0.25, 0.3) is 0 Å². The molecule has 0 heterocycles. The number of nitro groups is 1.